The van der Waals surface area contributed by atoms with Gasteiger partial charge in [-0.2, -0.15) is 0 Å². The van der Waals surface area contributed by atoms with Crippen molar-refractivity contribution in [2.45, 2.75) is 0 Å². The topological polar surface area (TPSA) is 93.0 Å². The second kappa shape index (κ2) is 4.13. The first-order valence-electron chi connectivity index (χ1n) is 4.88. The standard InChI is InChI=1S/C12H11NO4/c14-9-4-2-1-3-7(9)13-8-5-6-10(15)12(17)11(8)16/h1-6,13-17H. The molecule has 0 aliphatic rings. The summed E-state index contributed by atoms with van der Waals surface area (Å²) >= 11 is 0. The SMILES string of the molecule is Oc1ccccc1Nc1ccc(O)c(O)c1O. The van der Waals surface area contributed by atoms with Crippen LogP contribution in [-0.4, -0.2) is 20.4 Å². The Bertz CT molecular complexity index is 554. The molecule has 0 amide bonds. The van der Waals surface area contributed by atoms with Crippen LogP contribution in [0.5, 0.6) is 23.0 Å². The minimum absolute atomic E-state index is 0.0134. The molecule has 0 aromatic heterocycles. The summed E-state index contributed by atoms with van der Waals surface area (Å²) in [5.74, 6) is -1.48. The molecule has 5 N–H and O–H groups in total. The Hall–Kier alpha value is -2.56. The van der Waals surface area contributed by atoms with Crippen LogP contribution >= 0.6 is 0 Å². The molecule has 0 fully saturated rings. The van der Waals surface area contributed by atoms with Gasteiger partial charge in [0.2, 0.25) is 5.75 Å². The second-order valence-corrected chi connectivity index (χ2v) is 3.47. The number of nitrogens with one attached hydrogen (secondary N) is 1. The van der Waals surface area contributed by atoms with Crippen LogP contribution in [0.15, 0.2) is 36.4 Å². The first-order valence-corrected chi connectivity index (χ1v) is 4.88. The van der Waals surface area contributed by atoms with E-state index >= 15 is 0 Å². The zero-order valence-corrected chi connectivity index (χ0v) is 8.75. The summed E-state index contributed by atoms with van der Waals surface area (Å²) in [6.45, 7) is 0. The highest BCUT2D eigenvalue weighted by molar-refractivity contribution is 5.74. The lowest BCUT2D eigenvalue weighted by molar-refractivity contribution is 0.369. The fraction of sp³-hybridized carbons (Fsp3) is 0. The highest BCUT2D eigenvalue weighted by atomic mass is 16.3. The minimum atomic E-state index is -0.606. The quantitative estimate of drug-likeness (QED) is 0.405. The molecule has 88 valence electrons. The van der Waals surface area contributed by atoms with Gasteiger partial charge in [0, 0.05) is 0 Å². The Balaban J connectivity index is 2.38. The van der Waals surface area contributed by atoms with E-state index in [9.17, 15) is 15.3 Å². The number of phenolic OH excluding ortho intramolecular Hbond substituents is 4. The van der Waals surface area contributed by atoms with Crippen LogP contribution in [0.25, 0.3) is 0 Å². The van der Waals surface area contributed by atoms with E-state index in [0.29, 0.717) is 5.69 Å². The second-order valence-electron chi connectivity index (χ2n) is 3.47. The maximum atomic E-state index is 9.58. The molecule has 0 aliphatic carbocycles. The molecule has 5 heteroatoms. The van der Waals surface area contributed by atoms with Crippen LogP contribution in [0.3, 0.4) is 0 Å². The van der Waals surface area contributed by atoms with E-state index in [-0.39, 0.29) is 11.4 Å². The molecule has 5 nitrogen and oxygen atoms in total. The monoisotopic (exact) mass is 233 g/mol. The van der Waals surface area contributed by atoms with E-state index in [4.69, 9.17) is 5.11 Å². The normalized spacial score (nSPS) is 10.1. The summed E-state index contributed by atoms with van der Waals surface area (Å²) in [5, 5.41) is 40.3. The first kappa shape index (κ1) is 10.9. The van der Waals surface area contributed by atoms with Crippen LogP contribution in [0.2, 0.25) is 0 Å². The molecule has 0 heterocycles. The predicted molar refractivity (Wildman–Crippen MR) is 62.8 cm³/mol. The maximum absolute atomic E-state index is 9.58. The highest BCUT2D eigenvalue weighted by Gasteiger charge is 2.11. The number of rotatable bonds is 2. The first-order chi connectivity index (χ1) is 8.09. The molecule has 0 unspecified atom stereocenters. The van der Waals surface area contributed by atoms with Crippen LogP contribution in [-0.2, 0) is 0 Å². The molecule has 2 aromatic carbocycles. The smallest absolute Gasteiger partial charge is 0.202 e. The van der Waals surface area contributed by atoms with Crippen molar-refractivity contribution in [1.29, 1.82) is 0 Å². The lowest BCUT2D eigenvalue weighted by Gasteiger charge is -2.11. The van der Waals surface area contributed by atoms with E-state index in [0.717, 1.165) is 0 Å². The number of hydrogen-bond donors (Lipinski definition) is 5. The number of hydrogen-bond acceptors (Lipinski definition) is 5. The van der Waals surface area contributed by atoms with Crippen molar-refractivity contribution in [1.82, 2.24) is 0 Å². The number of benzene rings is 2. The van der Waals surface area contributed by atoms with Gasteiger partial charge in [-0.05, 0) is 24.3 Å². The van der Waals surface area contributed by atoms with Gasteiger partial charge in [-0.1, -0.05) is 12.1 Å². The average molecular weight is 233 g/mol. The van der Waals surface area contributed by atoms with Gasteiger partial charge in [-0.3, -0.25) is 0 Å². The van der Waals surface area contributed by atoms with E-state index in [2.05, 4.69) is 5.32 Å². The van der Waals surface area contributed by atoms with Crippen molar-refractivity contribution in [2.75, 3.05) is 5.32 Å². The molecule has 2 aromatic rings. The van der Waals surface area contributed by atoms with Gasteiger partial charge in [-0.15, -0.1) is 0 Å². The average Bonchev–Trinajstić information content (AvgIpc) is 2.32. The van der Waals surface area contributed by atoms with Crippen molar-refractivity contribution in [3.05, 3.63) is 36.4 Å². The molecule has 0 atom stereocenters. The number of phenols is 4. The summed E-state index contributed by atoms with van der Waals surface area (Å²) in [4.78, 5) is 0. The van der Waals surface area contributed by atoms with Crippen molar-refractivity contribution in [3.63, 3.8) is 0 Å². The van der Waals surface area contributed by atoms with Crippen molar-refractivity contribution in [2.24, 2.45) is 0 Å². The number of aromatic hydroxyl groups is 4. The lowest BCUT2D eigenvalue weighted by atomic mass is 10.2. The third kappa shape index (κ3) is 2.03. The van der Waals surface area contributed by atoms with E-state index in [1.54, 1.807) is 18.2 Å². The van der Waals surface area contributed by atoms with E-state index in [1.165, 1.54) is 18.2 Å². The van der Waals surface area contributed by atoms with Crippen molar-refractivity contribution in [3.8, 4) is 23.0 Å². The Morgan fingerprint density at radius 2 is 1.35 bits per heavy atom. The maximum Gasteiger partial charge on any atom is 0.202 e. The third-order valence-electron chi connectivity index (χ3n) is 2.30. The Morgan fingerprint density at radius 1 is 0.647 bits per heavy atom. The highest BCUT2D eigenvalue weighted by Crippen LogP contribution is 2.41. The zero-order valence-electron chi connectivity index (χ0n) is 8.75. The summed E-state index contributed by atoms with van der Waals surface area (Å²) in [6, 6.07) is 9.08. The molecule has 0 spiro atoms. The van der Waals surface area contributed by atoms with Gasteiger partial charge >= 0.3 is 0 Å². The van der Waals surface area contributed by atoms with Crippen LogP contribution in [0.1, 0.15) is 0 Å². The largest absolute Gasteiger partial charge is 0.506 e. The van der Waals surface area contributed by atoms with Crippen molar-refractivity contribution >= 4 is 11.4 Å². The molecule has 0 bridgehead atoms. The summed E-state index contributed by atoms with van der Waals surface area (Å²) in [7, 11) is 0. The molecule has 0 aliphatic heterocycles. The van der Waals surface area contributed by atoms with Crippen LogP contribution in [0.4, 0.5) is 11.4 Å². The van der Waals surface area contributed by atoms with Crippen LogP contribution < -0.4 is 5.32 Å². The van der Waals surface area contributed by atoms with Gasteiger partial charge in [0.25, 0.3) is 0 Å². The summed E-state index contributed by atoms with van der Waals surface area (Å²) in [6.07, 6.45) is 0. The molecule has 2 rings (SSSR count). The molecular weight excluding hydrogens is 222 g/mol. The molecule has 0 saturated carbocycles. The van der Waals surface area contributed by atoms with Gasteiger partial charge in [0.1, 0.15) is 5.75 Å². The molecule has 17 heavy (non-hydrogen) atoms. The fourth-order valence-electron chi connectivity index (χ4n) is 1.39. The van der Waals surface area contributed by atoms with Crippen molar-refractivity contribution < 1.29 is 20.4 Å². The number of para-hydroxylation sites is 2. The van der Waals surface area contributed by atoms with Gasteiger partial charge in [0.05, 0.1) is 11.4 Å². The third-order valence-corrected chi connectivity index (χ3v) is 2.30. The Morgan fingerprint density at radius 3 is 2.06 bits per heavy atom. The molecule has 0 saturated heterocycles. The van der Waals surface area contributed by atoms with Gasteiger partial charge in [-0.25, -0.2) is 0 Å². The molecular formula is C12H11NO4. The zero-order chi connectivity index (χ0) is 12.4. The van der Waals surface area contributed by atoms with Gasteiger partial charge in [0.15, 0.2) is 11.5 Å². The summed E-state index contributed by atoms with van der Waals surface area (Å²) in [5.41, 5.74) is 0.565. The van der Waals surface area contributed by atoms with E-state index in [1.807, 2.05) is 0 Å². The summed E-state index contributed by atoms with van der Waals surface area (Å²) < 4.78 is 0. The van der Waals surface area contributed by atoms with Gasteiger partial charge < -0.3 is 25.7 Å². The Kier molecular flexibility index (Phi) is 2.66. The fourth-order valence-corrected chi connectivity index (χ4v) is 1.39. The van der Waals surface area contributed by atoms with E-state index < -0.39 is 17.2 Å². The van der Waals surface area contributed by atoms with Crippen LogP contribution in [0, 0.1) is 0 Å². The Labute approximate surface area is 97.2 Å². The molecule has 0 radical (unpaired) electrons. The lowest BCUT2D eigenvalue weighted by Crippen LogP contribution is -1.91. The predicted octanol–water partition coefficient (Wildman–Crippen LogP) is 2.25. The number of anilines is 2. The minimum Gasteiger partial charge on any atom is -0.506 e.